The highest BCUT2D eigenvalue weighted by Crippen LogP contribution is 2.28. The molecule has 0 spiro atoms. The van der Waals surface area contributed by atoms with Crippen LogP contribution in [0.3, 0.4) is 0 Å². The predicted octanol–water partition coefficient (Wildman–Crippen LogP) is 1.55. The van der Waals surface area contributed by atoms with Crippen molar-refractivity contribution in [3.63, 3.8) is 0 Å². The lowest BCUT2D eigenvalue weighted by atomic mass is 10.0. The van der Waals surface area contributed by atoms with Crippen molar-refractivity contribution < 1.29 is 5.11 Å². The van der Waals surface area contributed by atoms with E-state index in [1.165, 1.54) is 0 Å². The van der Waals surface area contributed by atoms with Crippen LogP contribution in [0.1, 0.15) is 31.8 Å². The summed E-state index contributed by atoms with van der Waals surface area (Å²) in [6.07, 6.45) is 1.97. The van der Waals surface area contributed by atoms with Gasteiger partial charge in [-0.05, 0) is 19.3 Å². The Balaban J connectivity index is 2.30. The van der Waals surface area contributed by atoms with E-state index in [0.717, 1.165) is 36.7 Å². The molecule has 0 aromatic carbocycles. The summed E-state index contributed by atoms with van der Waals surface area (Å²) in [6, 6.07) is 2.22. The van der Waals surface area contributed by atoms with Gasteiger partial charge in [0, 0.05) is 24.7 Å². The number of aryl methyl sites for hydroxylation is 2. The summed E-state index contributed by atoms with van der Waals surface area (Å²) >= 11 is 0. The molecule has 4 heteroatoms. The van der Waals surface area contributed by atoms with Crippen LogP contribution < -0.4 is 4.90 Å². The summed E-state index contributed by atoms with van der Waals surface area (Å²) in [5.74, 6) is 2.38. The smallest absolute Gasteiger partial charge is 0.132 e. The molecule has 4 nitrogen and oxygen atoms in total. The van der Waals surface area contributed by atoms with Crippen LogP contribution in [0.15, 0.2) is 6.07 Å². The summed E-state index contributed by atoms with van der Waals surface area (Å²) in [7, 11) is 0. The van der Waals surface area contributed by atoms with Crippen LogP contribution in [-0.2, 0) is 6.42 Å². The molecule has 2 atom stereocenters. The summed E-state index contributed by atoms with van der Waals surface area (Å²) in [6.45, 7) is 7.43. The molecule has 1 saturated heterocycles. The molecule has 1 N–H and O–H groups in total. The second-order valence-electron chi connectivity index (χ2n) is 4.85. The maximum Gasteiger partial charge on any atom is 0.132 e. The first kappa shape index (κ1) is 12.3. The molecule has 94 valence electrons. The van der Waals surface area contributed by atoms with Gasteiger partial charge in [-0.3, -0.25) is 0 Å². The topological polar surface area (TPSA) is 49.2 Å². The van der Waals surface area contributed by atoms with Crippen molar-refractivity contribution >= 4 is 5.82 Å². The Kier molecular flexibility index (Phi) is 3.62. The van der Waals surface area contributed by atoms with Crippen LogP contribution in [0.4, 0.5) is 5.82 Å². The maximum atomic E-state index is 9.48. The summed E-state index contributed by atoms with van der Waals surface area (Å²) in [5, 5.41) is 9.48. The minimum atomic E-state index is 0.200. The molecule has 1 aromatic rings. The maximum absolute atomic E-state index is 9.48. The number of hydrogen-bond acceptors (Lipinski definition) is 4. The van der Waals surface area contributed by atoms with Gasteiger partial charge in [-0.1, -0.05) is 13.8 Å². The highest BCUT2D eigenvalue weighted by Gasteiger charge is 2.31. The lowest BCUT2D eigenvalue weighted by Gasteiger charge is -2.26. The van der Waals surface area contributed by atoms with E-state index in [1.807, 2.05) is 13.0 Å². The Morgan fingerprint density at radius 2 is 2.24 bits per heavy atom. The fraction of sp³-hybridized carbons (Fsp3) is 0.692. The first-order valence-corrected chi connectivity index (χ1v) is 6.37. The summed E-state index contributed by atoms with van der Waals surface area (Å²) < 4.78 is 0. The molecular weight excluding hydrogens is 214 g/mol. The van der Waals surface area contributed by atoms with E-state index in [1.54, 1.807) is 0 Å². The third-order valence-corrected chi connectivity index (χ3v) is 3.57. The molecule has 0 aliphatic carbocycles. The Bertz CT molecular complexity index is 394. The van der Waals surface area contributed by atoms with E-state index in [9.17, 15) is 5.11 Å². The van der Waals surface area contributed by atoms with Crippen molar-refractivity contribution in [3.05, 3.63) is 17.6 Å². The number of aliphatic hydroxyl groups excluding tert-OH is 1. The lowest BCUT2D eigenvalue weighted by molar-refractivity contribution is 0.244. The fourth-order valence-corrected chi connectivity index (χ4v) is 2.49. The van der Waals surface area contributed by atoms with Gasteiger partial charge in [0.25, 0.3) is 0 Å². The molecule has 1 fully saturated rings. The molecule has 1 aromatic heterocycles. The van der Waals surface area contributed by atoms with Crippen LogP contribution >= 0.6 is 0 Å². The van der Waals surface area contributed by atoms with Crippen LogP contribution in [0.5, 0.6) is 0 Å². The monoisotopic (exact) mass is 235 g/mol. The molecule has 0 amide bonds. The van der Waals surface area contributed by atoms with Crippen molar-refractivity contribution in [1.82, 2.24) is 9.97 Å². The first-order chi connectivity index (χ1) is 8.15. The normalized spacial score (nSPS) is 24.4. The zero-order chi connectivity index (χ0) is 12.4. The summed E-state index contributed by atoms with van der Waals surface area (Å²) in [5.41, 5.74) is 1.00. The Labute approximate surface area is 103 Å². The van der Waals surface area contributed by atoms with Crippen molar-refractivity contribution in [2.24, 2.45) is 5.92 Å². The van der Waals surface area contributed by atoms with E-state index < -0.39 is 0 Å². The molecule has 2 unspecified atom stereocenters. The van der Waals surface area contributed by atoms with Gasteiger partial charge in [0.15, 0.2) is 0 Å². The van der Waals surface area contributed by atoms with E-state index in [2.05, 4.69) is 28.7 Å². The Morgan fingerprint density at radius 3 is 2.88 bits per heavy atom. The average molecular weight is 235 g/mol. The van der Waals surface area contributed by atoms with E-state index in [4.69, 9.17) is 0 Å². The Morgan fingerprint density at radius 1 is 1.47 bits per heavy atom. The number of rotatable bonds is 3. The van der Waals surface area contributed by atoms with Gasteiger partial charge in [-0.15, -0.1) is 0 Å². The molecule has 1 aliphatic rings. The number of anilines is 1. The average Bonchev–Trinajstić information content (AvgIpc) is 2.69. The van der Waals surface area contributed by atoms with Gasteiger partial charge < -0.3 is 10.0 Å². The zero-order valence-electron chi connectivity index (χ0n) is 10.8. The largest absolute Gasteiger partial charge is 0.394 e. The molecule has 2 heterocycles. The minimum Gasteiger partial charge on any atom is -0.394 e. The predicted molar refractivity (Wildman–Crippen MR) is 68.1 cm³/mol. The van der Waals surface area contributed by atoms with Crippen LogP contribution in [0.2, 0.25) is 0 Å². The second kappa shape index (κ2) is 5.00. The van der Waals surface area contributed by atoms with Gasteiger partial charge in [0.1, 0.15) is 11.6 Å². The highest BCUT2D eigenvalue weighted by molar-refractivity contribution is 5.42. The van der Waals surface area contributed by atoms with Crippen molar-refractivity contribution in [2.75, 3.05) is 18.1 Å². The quantitative estimate of drug-likeness (QED) is 0.863. The molecule has 0 saturated carbocycles. The van der Waals surface area contributed by atoms with Crippen molar-refractivity contribution in [3.8, 4) is 0 Å². The molecule has 0 radical (unpaired) electrons. The minimum absolute atomic E-state index is 0.200. The van der Waals surface area contributed by atoms with Gasteiger partial charge in [0.2, 0.25) is 0 Å². The Hall–Kier alpha value is -1.16. The first-order valence-electron chi connectivity index (χ1n) is 6.37. The standard InChI is InChI=1S/C13H21N3O/c1-4-12-14-10(3)7-13(15-12)16-6-5-9(2)11(16)8-17/h7,9,11,17H,4-6,8H2,1-3H3. The van der Waals surface area contributed by atoms with Gasteiger partial charge in [-0.25, -0.2) is 9.97 Å². The molecular formula is C13H21N3O. The SMILES string of the molecule is CCc1nc(C)cc(N2CCC(C)C2CO)n1. The van der Waals surface area contributed by atoms with E-state index >= 15 is 0 Å². The number of nitrogens with zero attached hydrogens (tertiary/aromatic N) is 3. The van der Waals surface area contributed by atoms with Crippen molar-refractivity contribution in [2.45, 2.75) is 39.7 Å². The van der Waals surface area contributed by atoms with Gasteiger partial charge in [-0.2, -0.15) is 0 Å². The number of aliphatic hydroxyl groups is 1. The lowest BCUT2D eigenvalue weighted by Crippen LogP contribution is -2.36. The molecule has 2 rings (SSSR count). The zero-order valence-corrected chi connectivity index (χ0v) is 10.8. The molecule has 0 bridgehead atoms. The van der Waals surface area contributed by atoms with E-state index in [0.29, 0.717) is 5.92 Å². The molecule has 17 heavy (non-hydrogen) atoms. The second-order valence-corrected chi connectivity index (χ2v) is 4.85. The third-order valence-electron chi connectivity index (χ3n) is 3.57. The fourth-order valence-electron chi connectivity index (χ4n) is 2.49. The highest BCUT2D eigenvalue weighted by atomic mass is 16.3. The van der Waals surface area contributed by atoms with Crippen LogP contribution in [0.25, 0.3) is 0 Å². The van der Waals surface area contributed by atoms with Crippen molar-refractivity contribution in [1.29, 1.82) is 0 Å². The summed E-state index contributed by atoms with van der Waals surface area (Å²) in [4.78, 5) is 11.2. The molecule has 1 aliphatic heterocycles. The van der Waals surface area contributed by atoms with Gasteiger partial charge >= 0.3 is 0 Å². The van der Waals surface area contributed by atoms with Crippen LogP contribution in [-0.4, -0.2) is 34.3 Å². The van der Waals surface area contributed by atoms with E-state index in [-0.39, 0.29) is 12.6 Å². The van der Waals surface area contributed by atoms with Gasteiger partial charge in [0.05, 0.1) is 12.6 Å². The third kappa shape index (κ3) is 2.41. The number of hydrogen-bond donors (Lipinski definition) is 1. The van der Waals surface area contributed by atoms with Crippen LogP contribution in [0, 0.1) is 12.8 Å². The number of aromatic nitrogens is 2.